The first-order valence-electron chi connectivity index (χ1n) is 33.0. The van der Waals surface area contributed by atoms with E-state index >= 15 is 0 Å². The molecule has 0 radical (unpaired) electrons. The van der Waals surface area contributed by atoms with Crippen molar-refractivity contribution in [2.75, 3.05) is 13.2 Å². The zero-order valence-corrected chi connectivity index (χ0v) is 49.7. The van der Waals surface area contributed by atoms with Crippen molar-refractivity contribution in [2.45, 2.75) is 367 Å². The first-order valence-corrected chi connectivity index (χ1v) is 33.0. The summed E-state index contributed by atoms with van der Waals surface area (Å²) in [6, 6.07) is 0. The van der Waals surface area contributed by atoms with Gasteiger partial charge in [-0.3, -0.25) is 19.2 Å². The second-order valence-corrected chi connectivity index (χ2v) is 23.2. The third-order valence-corrected chi connectivity index (χ3v) is 16.2. The van der Waals surface area contributed by atoms with E-state index < -0.39 is 23.8 Å². The molecule has 0 rings (SSSR count). The Bertz CT molecular complexity index is 1110. The van der Waals surface area contributed by atoms with Gasteiger partial charge in [0.1, 0.15) is 0 Å². The van der Waals surface area contributed by atoms with E-state index in [9.17, 15) is 29.4 Å². The molecule has 0 aromatic rings. The predicted octanol–water partition coefficient (Wildman–Crippen LogP) is 21.2. The van der Waals surface area contributed by atoms with E-state index in [2.05, 4.69) is 13.8 Å². The van der Waals surface area contributed by atoms with Gasteiger partial charge in [-0.2, -0.15) is 0 Å². The number of hydrogen-bond acceptors (Lipinski definition) is 6. The molecule has 0 saturated carbocycles. The molecule has 0 spiro atoms. The summed E-state index contributed by atoms with van der Waals surface area (Å²) < 4.78 is 10.9. The molecule has 0 aliphatic carbocycles. The van der Waals surface area contributed by atoms with Crippen molar-refractivity contribution in [2.24, 2.45) is 17.8 Å². The fourth-order valence-corrected chi connectivity index (χ4v) is 11.1. The van der Waals surface area contributed by atoms with Crippen LogP contribution in [0.1, 0.15) is 367 Å². The van der Waals surface area contributed by atoms with E-state index in [0.29, 0.717) is 38.9 Å². The molecular weight excluding hydrogens is 921 g/mol. The van der Waals surface area contributed by atoms with Crippen LogP contribution in [0.15, 0.2) is 0 Å². The minimum absolute atomic E-state index is 0.0213. The number of esters is 2. The second kappa shape index (κ2) is 58.6. The fourth-order valence-electron chi connectivity index (χ4n) is 11.1. The maximum absolute atomic E-state index is 12.3. The Balaban J connectivity index is 3.69. The lowest BCUT2D eigenvalue weighted by molar-refractivity contribution is -0.150. The number of carbonyl (C=O) groups is 4. The van der Waals surface area contributed by atoms with Crippen molar-refractivity contribution in [1.82, 2.24) is 0 Å². The van der Waals surface area contributed by atoms with Gasteiger partial charge in [-0.15, -0.1) is 0 Å². The second-order valence-electron chi connectivity index (χ2n) is 23.2. The number of carboxylic acids is 2. The summed E-state index contributed by atoms with van der Waals surface area (Å²) in [7, 11) is 0. The minimum Gasteiger partial charge on any atom is -0.481 e. The predicted molar refractivity (Wildman–Crippen MR) is 314 cm³/mol. The van der Waals surface area contributed by atoms with E-state index in [1.54, 1.807) is 0 Å². The quantitative estimate of drug-likeness (QED) is 0.0455. The number of aliphatic carboxylic acids is 2. The van der Waals surface area contributed by atoms with Crippen LogP contribution in [0.3, 0.4) is 0 Å². The molecule has 8 heteroatoms. The highest BCUT2D eigenvalue weighted by Crippen LogP contribution is 2.31. The molecule has 0 aliphatic heterocycles. The first-order chi connectivity index (χ1) is 36.2. The highest BCUT2D eigenvalue weighted by Gasteiger charge is 2.34. The molecule has 8 nitrogen and oxygen atoms in total. The van der Waals surface area contributed by atoms with E-state index in [0.717, 1.165) is 89.9 Å². The molecule has 0 heterocycles. The summed E-state index contributed by atoms with van der Waals surface area (Å²) in [5.74, 6) is -3.30. The van der Waals surface area contributed by atoms with Crippen LogP contribution in [0.2, 0.25) is 0 Å². The molecule has 2 atom stereocenters. The van der Waals surface area contributed by atoms with Gasteiger partial charge in [-0.05, 0) is 44.4 Å². The number of carboxylic acid groups (broad SMARTS) is 2. The molecule has 0 aromatic carbocycles. The summed E-state index contributed by atoms with van der Waals surface area (Å²) in [5, 5.41) is 20.1. The van der Waals surface area contributed by atoms with Gasteiger partial charge in [-0.1, -0.05) is 316 Å². The zero-order chi connectivity index (χ0) is 54.1. The largest absolute Gasteiger partial charge is 0.481 e. The maximum Gasteiger partial charge on any atom is 0.306 e. The van der Waals surface area contributed by atoms with E-state index in [1.807, 2.05) is 6.92 Å². The number of carbonyl (C=O) groups excluding carboxylic acids is 2. The lowest BCUT2D eigenvalue weighted by atomic mass is 9.78. The van der Waals surface area contributed by atoms with Gasteiger partial charge in [0.15, 0.2) is 0 Å². The van der Waals surface area contributed by atoms with Crippen molar-refractivity contribution in [3.05, 3.63) is 0 Å². The minimum atomic E-state index is -0.846. The Hall–Kier alpha value is -2.12. The molecular formula is C66H126O8. The summed E-state index contributed by atoms with van der Waals surface area (Å²) in [6.07, 6.45) is 63.7. The van der Waals surface area contributed by atoms with Crippen LogP contribution in [0, 0.1) is 17.8 Å². The van der Waals surface area contributed by atoms with Gasteiger partial charge in [0.2, 0.25) is 0 Å². The molecule has 2 unspecified atom stereocenters. The lowest BCUT2D eigenvalue weighted by Gasteiger charge is -2.26. The summed E-state index contributed by atoms with van der Waals surface area (Å²) in [6.45, 7) is 7.53. The van der Waals surface area contributed by atoms with Crippen LogP contribution < -0.4 is 0 Å². The lowest BCUT2D eigenvalue weighted by Crippen LogP contribution is -2.32. The van der Waals surface area contributed by atoms with E-state index in [1.165, 1.54) is 231 Å². The molecule has 0 fully saturated rings. The Kier molecular flexibility index (Phi) is 56.9. The van der Waals surface area contributed by atoms with E-state index in [-0.39, 0.29) is 17.9 Å². The van der Waals surface area contributed by atoms with Crippen LogP contribution in [-0.4, -0.2) is 47.3 Å². The topological polar surface area (TPSA) is 127 Å². The Morgan fingerprint density at radius 1 is 0.284 bits per heavy atom. The van der Waals surface area contributed by atoms with Crippen LogP contribution >= 0.6 is 0 Å². The van der Waals surface area contributed by atoms with Crippen LogP contribution in [0.4, 0.5) is 0 Å². The molecule has 0 amide bonds. The van der Waals surface area contributed by atoms with Crippen molar-refractivity contribution in [3.8, 4) is 0 Å². The van der Waals surface area contributed by atoms with Crippen molar-refractivity contribution < 1.29 is 38.9 Å². The van der Waals surface area contributed by atoms with Gasteiger partial charge in [0.05, 0.1) is 25.0 Å². The van der Waals surface area contributed by atoms with Gasteiger partial charge >= 0.3 is 23.9 Å². The van der Waals surface area contributed by atoms with Gasteiger partial charge in [-0.25, -0.2) is 0 Å². The molecule has 0 aromatic heterocycles. The SMILES string of the molecule is CCCCCCCCCCCCCCCC(=O)OCCCCCCCCCCCCCCC(C(=O)O)C(C)C(CCCCCCCCCCCCCCOC(=O)CCCCCCCCCCCCCCC)C(=O)O. The molecule has 2 N–H and O–H groups in total. The maximum atomic E-state index is 12.3. The smallest absolute Gasteiger partial charge is 0.306 e. The van der Waals surface area contributed by atoms with Gasteiger partial charge in [0.25, 0.3) is 0 Å². The average Bonchev–Trinajstić information content (AvgIpc) is 3.38. The summed E-state index contributed by atoms with van der Waals surface area (Å²) in [4.78, 5) is 48.7. The third kappa shape index (κ3) is 52.0. The number of hydrogen-bond donors (Lipinski definition) is 2. The highest BCUT2D eigenvalue weighted by atomic mass is 16.5. The van der Waals surface area contributed by atoms with Crippen molar-refractivity contribution in [3.63, 3.8) is 0 Å². The van der Waals surface area contributed by atoms with Crippen molar-refractivity contribution in [1.29, 1.82) is 0 Å². The normalized spacial score (nSPS) is 12.7. The standard InChI is InChI=1S/C66H126O8/c1-4-6-8-10-12-14-16-18-26-32-38-44-50-56-63(67)73-58-52-46-40-34-28-22-20-24-30-36-42-48-54-61(65(69)70)60(3)62(66(71)72)55-49-43-37-31-25-21-23-29-35-41-47-53-59-74-64(68)57-51-45-39-33-27-19-17-15-13-11-9-7-5-2/h60-62H,4-59H2,1-3H3,(H,69,70)(H,71,72). The highest BCUT2D eigenvalue weighted by molar-refractivity contribution is 5.74. The number of rotatable bonds is 62. The third-order valence-electron chi connectivity index (χ3n) is 16.2. The Morgan fingerprint density at radius 3 is 0.689 bits per heavy atom. The summed E-state index contributed by atoms with van der Waals surface area (Å²) in [5.41, 5.74) is 0. The van der Waals surface area contributed by atoms with Crippen LogP contribution in [0.25, 0.3) is 0 Å². The molecule has 0 saturated heterocycles. The fraction of sp³-hybridized carbons (Fsp3) is 0.939. The Labute approximate surface area is 459 Å². The van der Waals surface area contributed by atoms with Crippen molar-refractivity contribution >= 4 is 23.9 Å². The zero-order valence-electron chi connectivity index (χ0n) is 49.7. The van der Waals surface area contributed by atoms with E-state index in [4.69, 9.17) is 9.47 Å². The van der Waals surface area contributed by atoms with Gasteiger partial charge in [0, 0.05) is 12.8 Å². The monoisotopic (exact) mass is 1050 g/mol. The first kappa shape index (κ1) is 71.9. The average molecular weight is 1050 g/mol. The summed E-state index contributed by atoms with van der Waals surface area (Å²) >= 11 is 0. The molecule has 0 aliphatic rings. The molecule has 438 valence electrons. The molecule has 74 heavy (non-hydrogen) atoms. The van der Waals surface area contributed by atoms with Crippen LogP contribution in [-0.2, 0) is 28.7 Å². The number of unbranched alkanes of at least 4 members (excludes halogenated alkanes) is 46. The number of ether oxygens (including phenoxy) is 2. The van der Waals surface area contributed by atoms with Crippen LogP contribution in [0.5, 0.6) is 0 Å². The molecule has 0 bridgehead atoms. The Morgan fingerprint density at radius 2 is 0.473 bits per heavy atom. The van der Waals surface area contributed by atoms with Gasteiger partial charge < -0.3 is 19.7 Å².